The maximum atomic E-state index is 10.8. The summed E-state index contributed by atoms with van der Waals surface area (Å²) in [5.74, 6) is -0.354. The van der Waals surface area contributed by atoms with Crippen LogP contribution in [0.1, 0.15) is 32.6 Å². The molecule has 0 aliphatic heterocycles. The smallest absolute Gasteiger partial charge is 0.339 e. The minimum Gasteiger partial charge on any atom is -0.465 e. The van der Waals surface area contributed by atoms with Crippen molar-refractivity contribution in [3.8, 4) is 0 Å². The third-order valence-corrected chi connectivity index (χ3v) is 4.23. The molecule has 0 saturated heterocycles. The fourth-order valence-corrected chi connectivity index (χ4v) is 3.05. The van der Waals surface area contributed by atoms with Crippen LogP contribution in [0.25, 0.3) is 17.7 Å². The largest absolute Gasteiger partial charge is 0.465 e. The molecule has 1 aromatic carbocycles. The number of rotatable bonds is 2. The number of hydrogen-bond acceptors (Lipinski definition) is 3. The third kappa shape index (κ3) is 2.62. The van der Waals surface area contributed by atoms with Crippen molar-refractivity contribution in [2.24, 2.45) is 0 Å². The van der Waals surface area contributed by atoms with Gasteiger partial charge in [0.2, 0.25) is 0 Å². The van der Waals surface area contributed by atoms with Crippen molar-refractivity contribution >= 4 is 39.6 Å². The van der Waals surface area contributed by atoms with Crippen LogP contribution in [0.2, 0.25) is 0 Å². The molecule has 4 rings (SSSR count). The SMILES string of the molecule is BrCc1ccc2c3c1C(=C2)C=C3.COC(=O)c1cccnc1. The normalized spacial score (nSPS) is 12.5. The van der Waals surface area contributed by atoms with E-state index in [2.05, 4.69) is 56.0 Å². The number of hydrogen-bond donors (Lipinski definition) is 0. The van der Waals surface area contributed by atoms with Crippen LogP contribution < -0.4 is 0 Å². The van der Waals surface area contributed by atoms with Crippen molar-refractivity contribution in [1.82, 2.24) is 4.98 Å². The van der Waals surface area contributed by atoms with Crippen molar-refractivity contribution in [1.29, 1.82) is 0 Å². The van der Waals surface area contributed by atoms with Crippen molar-refractivity contribution in [3.63, 3.8) is 0 Å². The standard InChI is InChI=1S/C11H7Br.C7H7NO2/c12-6-9-2-1-7-5-8-3-4-10(7)11(8)9;1-10-7(9)6-3-2-4-8-5-6/h1-5H,6H2;2-5H,1H3. The topological polar surface area (TPSA) is 39.2 Å². The lowest BCUT2D eigenvalue weighted by Gasteiger charge is -2.02. The lowest BCUT2D eigenvalue weighted by Crippen LogP contribution is -2.00. The monoisotopic (exact) mass is 355 g/mol. The molecule has 4 heteroatoms. The highest BCUT2D eigenvalue weighted by atomic mass is 79.9. The van der Waals surface area contributed by atoms with Crippen LogP contribution in [0.5, 0.6) is 0 Å². The number of nitrogens with zero attached hydrogens (tertiary/aromatic N) is 1. The number of carbonyl (C=O) groups is 1. The van der Waals surface area contributed by atoms with Crippen LogP contribution in [0.3, 0.4) is 0 Å². The molecule has 0 N–H and O–H groups in total. The number of methoxy groups -OCH3 is 1. The van der Waals surface area contributed by atoms with Crippen LogP contribution in [0.15, 0.2) is 42.7 Å². The second kappa shape index (κ2) is 6.28. The number of halogens is 1. The van der Waals surface area contributed by atoms with Crippen LogP contribution >= 0.6 is 15.9 Å². The van der Waals surface area contributed by atoms with E-state index in [0.717, 1.165) is 5.33 Å². The Morgan fingerprint density at radius 3 is 2.82 bits per heavy atom. The summed E-state index contributed by atoms with van der Waals surface area (Å²) in [6, 6.07) is 7.75. The minimum absolute atomic E-state index is 0.354. The van der Waals surface area contributed by atoms with Gasteiger partial charge in [-0.3, -0.25) is 4.98 Å². The summed E-state index contributed by atoms with van der Waals surface area (Å²) < 4.78 is 4.46. The van der Waals surface area contributed by atoms with Gasteiger partial charge in [0.25, 0.3) is 0 Å². The predicted octanol–water partition coefficient (Wildman–Crippen LogP) is 4.33. The summed E-state index contributed by atoms with van der Waals surface area (Å²) in [7, 11) is 1.34. The molecular weight excluding hydrogens is 342 g/mol. The van der Waals surface area contributed by atoms with Crippen molar-refractivity contribution in [2.45, 2.75) is 5.33 Å². The molecule has 2 aliphatic rings. The van der Waals surface area contributed by atoms with Crippen LogP contribution in [-0.2, 0) is 10.1 Å². The summed E-state index contributed by atoms with van der Waals surface area (Å²) >= 11 is 3.51. The average molecular weight is 356 g/mol. The predicted molar refractivity (Wildman–Crippen MR) is 91.6 cm³/mol. The van der Waals surface area contributed by atoms with E-state index in [1.54, 1.807) is 18.3 Å². The van der Waals surface area contributed by atoms with E-state index in [9.17, 15) is 4.79 Å². The van der Waals surface area contributed by atoms with Crippen molar-refractivity contribution in [3.05, 3.63) is 70.6 Å². The Balaban J connectivity index is 0.000000134. The lowest BCUT2D eigenvalue weighted by atomic mass is 10.0. The third-order valence-electron chi connectivity index (χ3n) is 3.62. The van der Waals surface area contributed by atoms with Gasteiger partial charge in [0.15, 0.2) is 0 Å². The zero-order valence-corrected chi connectivity index (χ0v) is 13.6. The lowest BCUT2D eigenvalue weighted by molar-refractivity contribution is 0.0600. The number of aromatic nitrogens is 1. The maximum Gasteiger partial charge on any atom is 0.339 e. The van der Waals surface area contributed by atoms with Gasteiger partial charge in [0.05, 0.1) is 12.7 Å². The molecule has 1 aromatic heterocycles. The van der Waals surface area contributed by atoms with Gasteiger partial charge in [0, 0.05) is 17.7 Å². The van der Waals surface area contributed by atoms with Gasteiger partial charge in [-0.15, -0.1) is 0 Å². The highest BCUT2D eigenvalue weighted by Crippen LogP contribution is 2.42. The van der Waals surface area contributed by atoms with Crippen LogP contribution in [0.4, 0.5) is 0 Å². The Morgan fingerprint density at radius 2 is 2.14 bits per heavy atom. The molecule has 0 amide bonds. The summed E-state index contributed by atoms with van der Waals surface area (Å²) in [5.41, 5.74) is 7.52. The first-order chi connectivity index (χ1) is 10.7. The number of esters is 1. The fourth-order valence-electron chi connectivity index (χ4n) is 2.58. The zero-order chi connectivity index (χ0) is 15.5. The van der Waals surface area contributed by atoms with E-state index < -0.39 is 0 Å². The molecule has 0 radical (unpaired) electrons. The molecule has 3 nitrogen and oxygen atoms in total. The molecule has 110 valence electrons. The molecular formula is C18H14BrNO2. The second-order valence-corrected chi connectivity index (χ2v) is 5.46. The Morgan fingerprint density at radius 1 is 1.27 bits per heavy atom. The van der Waals surface area contributed by atoms with E-state index >= 15 is 0 Å². The van der Waals surface area contributed by atoms with Crippen LogP contribution in [-0.4, -0.2) is 18.1 Å². The maximum absolute atomic E-state index is 10.8. The quantitative estimate of drug-likeness (QED) is 0.594. The molecule has 1 heterocycles. The highest BCUT2D eigenvalue weighted by Gasteiger charge is 2.22. The van der Waals surface area contributed by atoms with Gasteiger partial charge in [-0.1, -0.05) is 40.2 Å². The Labute approximate surface area is 137 Å². The fraction of sp³-hybridized carbons (Fsp3) is 0.111. The van der Waals surface area contributed by atoms with E-state index in [4.69, 9.17) is 0 Å². The number of carbonyl (C=O) groups excluding carboxylic acids is 1. The second-order valence-electron chi connectivity index (χ2n) is 4.90. The molecule has 4 bridgehead atoms. The zero-order valence-electron chi connectivity index (χ0n) is 12.0. The number of benzene rings is 1. The van der Waals surface area contributed by atoms with Crippen molar-refractivity contribution in [2.75, 3.05) is 7.11 Å². The number of pyridine rings is 1. The van der Waals surface area contributed by atoms with Gasteiger partial charge >= 0.3 is 5.97 Å². The van der Waals surface area contributed by atoms with Gasteiger partial charge in [-0.2, -0.15) is 0 Å². The van der Waals surface area contributed by atoms with Gasteiger partial charge < -0.3 is 4.74 Å². The summed E-state index contributed by atoms with van der Waals surface area (Å²) in [6.07, 6.45) is 9.74. The Hall–Kier alpha value is -2.20. The Kier molecular flexibility index (Phi) is 4.20. The summed E-state index contributed by atoms with van der Waals surface area (Å²) in [4.78, 5) is 14.5. The molecule has 0 saturated carbocycles. The molecule has 0 unspecified atom stereocenters. The number of alkyl halides is 1. The van der Waals surface area contributed by atoms with E-state index in [1.807, 2.05) is 0 Å². The number of ether oxygens (including phenoxy) is 1. The summed E-state index contributed by atoms with van der Waals surface area (Å²) in [5, 5.41) is 0.953. The highest BCUT2D eigenvalue weighted by molar-refractivity contribution is 9.08. The summed E-state index contributed by atoms with van der Waals surface area (Å²) in [6.45, 7) is 0. The molecule has 2 aliphatic carbocycles. The first-order valence-corrected chi connectivity index (χ1v) is 7.97. The molecule has 0 spiro atoms. The van der Waals surface area contributed by atoms with Gasteiger partial charge in [-0.25, -0.2) is 4.79 Å². The molecule has 2 aromatic rings. The Bertz CT molecular complexity index is 779. The molecule has 0 fully saturated rings. The van der Waals surface area contributed by atoms with E-state index in [1.165, 1.54) is 41.1 Å². The number of allylic oxidation sites excluding steroid dienone is 2. The first-order valence-electron chi connectivity index (χ1n) is 6.85. The molecule has 0 atom stereocenters. The van der Waals surface area contributed by atoms with E-state index in [0.29, 0.717) is 5.56 Å². The average Bonchev–Trinajstić information content (AvgIpc) is 3.10. The minimum atomic E-state index is -0.354. The van der Waals surface area contributed by atoms with Gasteiger partial charge in [-0.05, 0) is 46.0 Å². The van der Waals surface area contributed by atoms with Crippen LogP contribution in [0, 0.1) is 0 Å². The van der Waals surface area contributed by atoms with Gasteiger partial charge in [0.1, 0.15) is 0 Å². The van der Waals surface area contributed by atoms with E-state index in [-0.39, 0.29) is 5.97 Å². The first kappa shape index (κ1) is 14.7. The molecule has 22 heavy (non-hydrogen) atoms. The van der Waals surface area contributed by atoms with Crippen molar-refractivity contribution < 1.29 is 9.53 Å².